The molecule has 0 aliphatic heterocycles. The number of carboxylic acids is 1. The van der Waals surface area contributed by atoms with Crippen LogP contribution < -0.4 is 10.6 Å². The Labute approximate surface area is 88.3 Å². The number of ether oxygens (including phenoxy) is 1. The van der Waals surface area contributed by atoms with Crippen LogP contribution in [0.2, 0.25) is 0 Å². The van der Waals surface area contributed by atoms with Crippen LogP contribution in [0.5, 0.6) is 0 Å². The lowest BCUT2D eigenvalue weighted by molar-refractivity contribution is -0.140. The van der Waals surface area contributed by atoms with Gasteiger partial charge in [0.1, 0.15) is 0 Å². The summed E-state index contributed by atoms with van der Waals surface area (Å²) < 4.78 is 4.65. The summed E-state index contributed by atoms with van der Waals surface area (Å²) in [6, 6.07) is -1.59. The summed E-state index contributed by atoms with van der Waals surface area (Å²) in [5.41, 5.74) is 0.781. The third kappa shape index (κ3) is 6.50. The minimum atomic E-state index is -1.14. The van der Waals surface area contributed by atoms with Crippen molar-refractivity contribution < 1.29 is 19.4 Å². The second-order valence-electron chi connectivity index (χ2n) is 3.13. The van der Waals surface area contributed by atoms with Gasteiger partial charge in [0.25, 0.3) is 0 Å². The average molecular weight is 216 g/mol. The molecule has 15 heavy (non-hydrogen) atoms. The summed E-state index contributed by atoms with van der Waals surface area (Å²) in [6.07, 6.45) is 0. The fourth-order valence-corrected chi connectivity index (χ4v) is 0.782. The average Bonchev–Trinajstić information content (AvgIpc) is 2.14. The molecule has 0 radical (unpaired) electrons. The van der Waals surface area contributed by atoms with E-state index in [9.17, 15) is 9.59 Å². The molecular weight excluding hydrogens is 200 g/mol. The van der Waals surface area contributed by atoms with E-state index in [0.29, 0.717) is 6.54 Å². The number of hydrogen-bond donors (Lipinski definition) is 3. The van der Waals surface area contributed by atoms with Crippen molar-refractivity contribution in [1.82, 2.24) is 10.6 Å². The Morgan fingerprint density at radius 3 is 2.53 bits per heavy atom. The largest absolute Gasteiger partial charge is 0.480 e. The monoisotopic (exact) mass is 216 g/mol. The standard InChI is InChI=1S/C9H16N2O4/c1-6(2)4-10-9(14)11-7(5-15-3)8(12)13/h7H,1,4-5H2,2-3H3,(H,12,13)(H2,10,11,14). The quantitative estimate of drug-likeness (QED) is 0.544. The molecule has 0 fully saturated rings. The van der Waals surface area contributed by atoms with Gasteiger partial charge in [-0.2, -0.15) is 0 Å². The molecule has 0 aliphatic rings. The summed E-state index contributed by atoms with van der Waals surface area (Å²) in [6.45, 7) is 5.59. The Bertz CT molecular complexity index is 252. The van der Waals surface area contributed by atoms with E-state index in [0.717, 1.165) is 5.57 Å². The highest BCUT2D eigenvalue weighted by molar-refractivity contribution is 5.82. The maximum atomic E-state index is 11.2. The number of urea groups is 1. The van der Waals surface area contributed by atoms with E-state index < -0.39 is 18.0 Å². The number of methoxy groups -OCH3 is 1. The highest BCUT2D eigenvalue weighted by Crippen LogP contribution is 1.87. The zero-order chi connectivity index (χ0) is 11.8. The van der Waals surface area contributed by atoms with Crippen LogP contribution >= 0.6 is 0 Å². The van der Waals surface area contributed by atoms with E-state index in [1.54, 1.807) is 6.92 Å². The van der Waals surface area contributed by atoms with Crippen LogP contribution in [0.25, 0.3) is 0 Å². The second-order valence-corrected chi connectivity index (χ2v) is 3.13. The van der Waals surface area contributed by atoms with Crippen LogP contribution in [0.1, 0.15) is 6.92 Å². The molecular formula is C9H16N2O4. The maximum absolute atomic E-state index is 11.2. The molecule has 0 spiro atoms. The molecule has 6 nitrogen and oxygen atoms in total. The third-order valence-electron chi connectivity index (χ3n) is 1.49. The smallest absolute Gasteiger partial charge is 0.328 e. The van der Waals surface area contributed by atoms with Crippen LogP contribution in [-0.2, 0) is 9.53 Å². The summed E-state index contributed by atoms with van der Waals surface area (Å²) in [7, 11) is 1.36. The lowest BCUT2D eigenvalue weighted by Crippen LogP contribution is -2.48. The molecule has 0 heterocycles. The SMILES string of the molecule is C=C(C)CNC(=O)NC(COC)C(=O)O. The molecule has 0 bridgehead atoms. The highest BCUT2D eigenvalue weighted by atomic mass is 16.5. The van der Waals surface area contributed by atoms with Gasteiger partial charge in [0.05, 0.1) is 6.61 Å². The molecule has 0 saturated carbocycles. The van der Waals surface area contributed by atoms with Gasteiger partial charge in [0.15, 0.2) is 6.04 Å². The number of hydrogen-bond acceptors (Lipinski definition) is 3. The van der Waals surface area contributed by atoms with Gasteiger partial charge in [-0.1, -0.05) is 12.2 Å². The third-order valence-corrected chi connectivity index (χ3v) is 1.49. The molecule has 0 aliphatic carbocycles. The molecule has 3 N–H and O–H groups in total. The predicted molar refractivity (Wildman–Crippen MR) is 54.6 cm³/mol. The number of carboxylic acid groups (broad SMARTS) is 1. The predicted octanol–water partition coefficient (Wildman–Crippen LogP) is -0.0387. The second kappa shape index (κ2) is 6.83. The van der Waals surface area contributed by atoms with Gasteiger partial charge < -0.3 is 20.5 Å². The van der Waals surface area contributed by atoms with Crippen molar-refractivity contribution in [2.24, 2.45) is 0 Å². The van der Waals surface area contributed by atoms with Crippen molar-refractivity contribution in [3.05, 3.63) is 12.2 Å². The molecule has 1 atom stereocenters. The van der Waals surface area contributed by atoms with Crippen LogP contribution in [0.4, 0.5) is 4.79 Å². The van der Waals surface area contributed by atoms with Crippen LogP contribution in [0, 0.1) is 0 Å². The lowest BCUT2D eigenvalue weighted by Gasteiger charge is -2.14. The lowest BCUT2D eigenvalue weighted by atomic mass is 10.3. The topological polar surface area (TPSA) is 87.7 Å². The first-order valence-electron chi connectivity index (χ1n) is 4.38. The summed E-state index contributed by atoms with van der Waals surface area (Å²) in [4.78, 5) is 21.8. The Morgan fingerprint density at radius 2 is 2.13 bits per heavy atom. The molecule has 6 heteroatoms. The fraction of sp³-hybridized carbons (Fsp3) is 0.556. The number of aliphatic carboxylic acids is 1. The number of amides is 2. The maximum Gasteiger partial charge on any atom is 0.328 e. The number of carbonyl (C=O) groups excluding carboxylic acids is 1. The van der Waals surface area contributed by atoms with E-state index in [4.69, 9.17) is 5.11 Å². The van der Waals surface area contributed by atoms with Gasteiger partial charge in [0.2, 0.25) is 0 Å². The van der Waals surface area contributed by atoms with E-state index >= 15 is 0 Å². The molecule has 2 amide bonds. The molecule has 0 aromatic heterocycles. The highest BCUT2D eigenvalue weighted by Gasteiger charge is 2.19. The molecule has 1 unspecified atom stereocenters. The van der Waals surface area contributed by atoms with E-state index in [-0.39, 0.29) is 6.61 Å². The van der Waals surface area contributed by atoms with Crippen molar-refractivity contribution in [3.63, 3.8) is 0 Å². The van der Waals surface area contributed by atoms with Gasteiger partial charge in [-0.05, 0) is 6.92 Å². The Kier molecular flexibility index (Phi) is 6.12. The first-order valence-corrected chi connectivity index (χ1v) is 4.38. The normalized spacial score (nSPS) is 11.6. The van der Waals surface area contributed by atoms with Crippen molar-refractivity contribution in [2.75, 3.05) is 20.3 Å². The van der Waals surface area contributed by atoms with Gasteiger partial charge in [-0.25, -0.2) is 9.59 Å². The summed E-state index contributed by atoms with van der Waals surface area (Å²) in [5, 5.41) is 13.4. The van der Waals surface area contributed by atoms with Crippen molar-refractivity contribution >= 4 is 12.0 Å². The Hall–Kier alpha value is -1.56. The molecule has 0 aromatic carbocycles. The first kappa shape index (κ1) is 13.4. The minimum absolute atomic E-state index is 0.0736. The van der Waals surface area contributed by atoms with E-state index in [1.807, 2.05) is 0 Å². The molecule has 0 saturated heterocycles. The van der Waals surface area contributed by atoms with Crippen LogP contribution in [-0.4, -0.2) is 43.4 Å². The zero-order valence-corrected chi connectivity index (χ0v) is 8.87. The number of carbonyl (C=O) groups is 2. The van der Waals surface area contributed by atoms with Crippen LogP contribution in [0.3, 0.4) is 0 Å². The van der Waals surface area contributed by atoms with Crippen molar-refractivity contribution in [2.45, 2.75) is 13.0 Å². The molecule has 0 rings (SSSR count). The minimum Gasteiger partial charge on any atom is -0.480 e. The van der Waals surface area contributed by atoms with Crippen molar-refractivity contribution in [3.8, 4) is 0 Å². The molecule has 0 aromatic rings. The molecule has 86 valence electrons. The van der Waals surface area contributed by atoms with E-state index in [1.165, 1.54) is 7.11 Å². The van der Waals surface area contributed by atoms with E-state index in [2.05, 4.69) is 21.9 Å². The number of rotatable bonds is 6. The number of nitrogens with one attached hydrogen (secondary N) is 2. The van der Waals surface area contributed by atoms with Gasteiger partial charge >= 0.3 is 12.0 Å². The Balaban J connectivity index is 3.99. The summed E-state index contributed by atoms with van der Waals surface area (Å²) >= 11 is 0. The Morgan fingerprint density at radius 1 is 1.53 bits per heavy atom. The van der Waals surface area contributed by atoms with Gasteiger partial charge in [0, 0.05) is 13.7 Å². The van der Waals surface area contributed by atoms with Crippen LogP contribution in [0.15, 0.2) is 12.2 Å². The first-order chi connectivity index (χ1) is 6.97. The zero-order valence-electron chi connectivity index (χ0n) is 8.87. The summed E-state index contributed by atoms with van der Waals surface area (Å²) in [5.74, 6) is -1.14. The van der Waals surface area contributed by atoms with Gasteiger partial charge in [-0.3, -0.25) is 0 Å². The van der Waals surface area contributed by atoms with Crippen molar-refractivity contribution in [1.29, 1.82) is 0 Å². The fourth-order valence-electron chi connectivity index (χ4n) is 0.782. The van der Waals surface area contributed by atoms with Gasteiger partial charge in [-0.15, -0.1) is 0 Å².